The van der Waals surface area contributed by atoms with Crippen molar-refractivity contribution in [2.45, 2.75) is 30.8 Å². The lowest BCUT2D eigenvalue weighted by molar-refractivity contribution is 0.175. The monoisotopic (exact) mass is 407 g/mol. The highest BCUT2D eigenvalue weighted by Crippen LogP contribution is 2.51. The Morgan fingerprint density at radius 1 is 1.24 bits per heavy atom. The number of hydrogen-bond donors (Lipinski definition) is 2. The zero-order valence-electron chi connectivity index (χ0n) is 16.2. The molecule has 0 radical (unpaired) electrons. The smallest absolute Gasteiger partial charge is 0.258 e. The van der Waals surface area contributed by atoms with Crippen molar-refractivity contribution in [3.8, 4) is 22.3 Å². The second kappa shape index (κ2) is 6.71. The number of hydrogen-bond acceptors (Lipinski definition) is 4. The molecule has 1 saturated carbocycles. The van der Waals surface area contributed by atoms with Gasteiger partial charge in [-0.2, -0.15) is 0 Å². The molecule has 5 nitrogen and oxygen atoms in total. The maximum atomic E-state index is 12.5. The van der Waals surface area contributed by atoms with Gasteiger partial charge in [0.05, 0.1) is 11.1 Å². The van der Waals surface area contributed by atoms with Crippen molar-refractivity contribution in [2.24, 2.45) is 7.05 Å². The molecule has 1 spiro atoms. The van der Waals surface area contributed by atoms with E-state index in [2.05, 4.69) is 10.3 Å². The van der Waals surface area contributed by atoms with Gasteiger partial charge in [-0.25, -0.2) is 4.98 Å². The largest absolute Gasteiger partial charge is 0.393 e. The number of halogens is 1. The number of aliphatic hydroxyl groups is 1. The summed E-state index contributed by atoms with van der Waals surface area (Å²) in [6.07, 6.45) is 5.64. The number of pyridine rings is 2. The standard InChI is InChI=1S/C23H22ClN3O2/c1-27-9-3-6-17(22(27)29)14-4-2-5-15(10-14)18-12-25-21-19(20(18)24)23(13-26-21)8-7-16(28)11-23/h2-6,9-10,12,16,28H,7-8,11,13H2,1H3,(H,25,26)/t16-,23+/m0/s1. The van der Waals surface area contributed by atoms with E-state index in [1.165, 1.54) is 0 Å². The van der Waals surface area contributed by atoms with Crippen molar-refractivity contribution < 1.29 is 5.11 Å². The number of fused-ring (bicyclic) bond motifs is 2. The van der Waals surface area contributed by atoms with Gasteiger partial charge >= 0.3 is 0 Å². The third kappa shape index (κ3) is 2.88. The second-order valence-corrected chi connectivity index (χ2v) is 8.54. The minimum Gasteiger partial charge on any atom is -0.393 e. The molecule has 6 heteroatoms. The van der Waals surface area contributed by atoms with Crippen molar-refractivity contribution >= 4 is 17.4 Å². The summed E-state index contributed by atoms with van der Waals surface area (Å²) in [4.78, 5) is 17.2. The third-order valence-corrected chi connectivity index (χ3v) is 6.72. The summed E-state index contributed by atoms with van der Waals surface area (Å²) in [6, 6.07) is 11.6. The molecule has 2 N–H and O–H groups in total. The normalized spacial score (nSPS) is 22.7. The van der Waals surface area contributed by atoms with E-state index in [9.17, 15) is 9.90 Å². The molecule has 5 rings (SSSR count). The van der Waals surface area contributed by atoms with Crippen LogP contribution in [0.15, 0.2) is 53.6 Å². The zero-order valence-corrected chi connectivity index (χ0v) is 16.9. The maximum Gasteiger partial charge on any atom is 0.258 e. The van der Waals surface area contributed by atoms with Gasteiger partial charge in [0.2, 0.25) is 0 Å². The van der Waals surface area contributed by atoms with Crippen molar-refractivity contribution in [1.29, 1.82) is 0 Å². The predicted molar refractivity (Wildman–Crippen MR) is 115 cm³/mol. The summed E-state index contributed by atoms with van der Waals surface area (Å²) in [6.45, 7) is 0.760. The molecule has 2 aliphatic rings. The molecule has 3 aromatic rings. The molecule has 0 bridgehead atoms. The Morgan fingerprint density at radius 3 is 2.79 bits per heavy atom. The second-order valence-electron chi connectivity index (χ2n) is 8.16. The number of aromatic nitrogens is 2. The van der Waals surface area contributed by atoms with Crippen LogP contribution < -0.4 is 10.9 Å². The average Bonchev–Trinajstić information content (AvgIpc) is 3.28. The van der Waals surface area contributed by atoms with Gasteiger partial charge in [0.15, 0.2) is 0 Å². The zero-order chi connectivity index (χ0) is 20.2. The number of nitrogens with zero attached hydrogens (tertiary/aromatic N) is 2. The van der Waals surface area contributed by atoms with Gasteiger partial charge in [-0.1, -0.05) is 29.8 Å². The fourth-order valence-corrected chi connectivity index (χ4v) is 5.25. The van der Waals surface area contributed by atoms with Crippen molar-refractivity contribution in [3.63, 3.8) is 0 Å². The van der Waals surface area contributed by atoms with Gasteiger partial charge in [-0.05, 0) is 48.6 Å². The fraction of sp³-hybridized carbons (Fsp3) is 0.304. The van der Waals surface area contributed by atoms with E-state index in [4.69, 9.17) is 11.6 Å². The minimum atomic E-state index is -0.292. The van der Waals surface area contributed by atoms with Crippen LogP contribution in [0.3, 0.4) is 0 Å². The van der Waals surface area contributed by atoms with Crippen molar-refractivity contribution in [1.82, 2.24) is 9.55 Å². The summed E-state index contributed by atoms with van der Waals surface area (Å²) >= 11 is 6.93. The van der Waals surface area contributed by atoms with Crippen LogP contribution in [-0.4, -0.2) is 27.3 Å². The van der Waals surface area contributed by atoms with Gasteiger partial charge < -0.3 is 15.0 Å². The number of anilines is 1. The molecule has 1 aliphatic heterocycles. The molecule has 0 unspecified atom stereocenters. The molecule has 1 fully saturated rings. The third-order valence-electron chi connectivity index (χ3n) is 6.33. The van der Waals surface area contributed by atoms with E-state index < -0.39 is 0 Å². The molecule has 0 saturated heterocycles. The Balaban J connectivity index is 1.63. The maximum absolute atomic E-state index is 12.5. The van der Waals surface area contributed by atoms with Crippen LogP contribution in [0.2, 0.25) is 5.02 Å². The molecule has 2 atom stereocenters. The lowest BCUT2D eigenvalue weighted by atomic mass is 9.80. The summed E-state index contributed by atoms with van der Waals surface area (Å²) in [7, 11) is 1.75. The Labute approximate surface area is 174 Å². The first-order chi connectivity index (χ1) is 14.0. The molecule has 148 valence electrons. The van der Waals surface area contributed by atoms with E-state index in [0.717, 1.165) is 47.5 Å². The number of nitrogens with one attached hydrogen (secondary N) is 1. The first-order valence-electron chi connectivity index (χ1n) is 9.86. The van der Waals surface area contributed by atoms with Crippen LogP contribution in [0.4, 0.5) is 5.82 Å². The highest BCUT2D eigenvalue weighted by Gasteiger charge is 2.47. The molecule has 1 aliphatic carbocycles. The van der Waals surface area contributed by atoms with Gasteiger partial charge in [0.25, 0.3) is 5.56 Å². The van der Waals surface area contributed by atoms with E-state index in [0.29, 0.717) is 17.0 Å². The SMILES string of the molecule is Cn1cccc(-c2cccc(-c3cnc4c(c3Cl)[C@@]3(CC[C@H](O)C3)CN4)c2)c1=O. The van der Waals surface area contributed by atoms with E-state index in [-0.39, 0.29) is 17.1 Å². The lowest BCUT2D eigenvalue weighted by Crippen LogP contribution is -2.26. The number of aryl methyl sites for hydroxylation is 1. The molecule has 2 aromatic heterocycles. The Hall–Kier alpha value is -2.63. The van der Waals surface area contributed by atoms with Gasteiger partial charge in [-0.15, -0.1) is 0 Å². The van der Waals surface area contributed by atoms with Crippen LogP contribution in [-0.2, 0) is 12.5 Å². The first kappa shape index (κ1) is 18.4. The lowest BCUT2D eigenvalue weighted by Gasteiger charge is -2.24. The molecule has 1 aromatic carbocycles. The molecular weight excluding hydrogens is 386 g/mol. The number of benzene rings is 1. The van der Waals surface area contributed by atoms with Crippen molar-refractivity contribution in [2.75, 3.05) is 11.9 Å². The minimum absolute atomic E-state index is 0.0362. The number of aliphatic hydroxyl groups excluding tert-OH is 1. The molecule has 3 heterocycles. The number of rotatable bonds is 2. The highest BCUT2D eigenvalue weighted by molar-refractivity contribution is 6.34. The van der Waals surface area contributed by atoms with Crippen LogP contribution >= 0.6 is 11.6 Å². The summed E-state index contributed by atoms with van der Waals surface area (Å²) in [5, 5.41) is 14.2. The van der Waals surface area contributed by atoms with Gasteiger partial charge in [0.1, 0.15) is 5.82 Å². The summed E-state index contributed by atoms with van der Waals surface area (Å²) in [5.41, 5.74) is 4.12. The molecule has 0 amide bonds. The summed E-state index contributed by atoms with van der Waals surface area (Å²) in [5.74, 6) is 0.820. The highest BCUT2D eigenvalue weighted by atomic mass is 35.5. The van der Waals surface area contributed by atoms with E-state index in [1.807, 2.05) is 36.4 Å². The van der Waals surface area contributed by atoms with Gasteiger partial charge in [0, 0.05) is 48.1 Å². The quantitative estimate of drug-likeness (QED) is 0.674. The Morgan fingerprint density at radius 2 is 2.03 bits per heavy atom. The van der Waals surface area contributed by atoms with E-state index in [1.54, 1.807) is 24.0 Å². The van der Waals surface area contributed by atoms with E-state index >= 15 is 0 Å². The van der Waals surface area contributed by atoms with Crippen LogP contribution in [0, 0.1) is 0 Å². The van der Waals surface area contributed by atoms with Crippen LogP contribution in [0.25, 0.3) is 22.3 Å². The van der Waals surface area contributed by atoms with Crippen LogP contribution in [0.5, 0.6) is 0 Å². The molecule has 29 heavy (non-hydrogen) atoms. The first-order valence-corrected chi connectivity index (χ1v) is 10.2. The van der Waals surface area contributed by atoms with Crippen molar-refractivity contribution in [3.05, 3.63) is 69.7 Å². The average molecular weight is 408 g/mol. The van der Waals surface area contributed by atoms with Gasteiger partial charge in [-0.3, -0.25) is 4.79 Å². The topological polar surface area (TPSA) is 67.2 Å². The Kier molecular flexibility index (Phi) is 4.26. The van der Waals surface area contributed by atoms with Crippen LogP contribution in [0.1, 0.15) is 24.8 Å². The predicted octanol–water partition coefficient (Wildman–Crippen LogP) is 3.98. The Bertz CT molecular complexity index is 1170. The fourth-order valence-electron chi connectivity index (χ4n) is 4.81. The molecular formula is C23H22ClN3O2. The summed E-state index contributed by atoms with van der Waals surface area (Å²) < 4.78 is 1.58.